The van der Waals surface area contributed by atoms with Crippen LogP contribution in [0.1, 0.15) is 33.1 Å². The zero-order chi connectivity index (χ0) is 12.0. The average molecular weight is 230 g/mol. The first-order valence-electron chi connectivity index (χ1n) is 6.30. The highest BCUT2D eigenvalue weighted by Gasteiger charge is 2.31. The molecule has 3 unspecified atom stereocenters. The third-order valence-electron chi connectivity index (χ3n) is 3.74. The van der Waals surface area contributed by atoms with Gasteiger partial charge in [0.1, 0.15) is 0 Å². The third-order valence-corrected chi connectivity index (χ3v) is 3.74. The van der Waals surface area contributed by atoms with Crippen LogP contribution in [0.2, 0.25) is 0 Å². The van der Waals surface area contributed by atoms with E-state index in [9.17, 15) is 0 Å². The lowest BCUT2D eigenvalue weighted by Crippen LogP contribution is -2.56. The van der Waals surface area contributed by atoms with Gasteiger partial charge >= 0.3 is 0 Å². The van der Waals surface area contributed by atoms with Crippen LogP contribution in [0, 0.1) is 5.92 Å². The Morgan fingerprint density at radius 3 is 2.75 bits per heavy atom. The summed E-state index contributed by atoms with van der Waals surface area (Å²) >= 11 is 0. The van der Waals surface area contributed by atoms with Crippen molar-refractivity contribution in [1.29, 1.82) is 0 Å². The summed E-state index contributed by atoms with van der Waals surface area (Å²) in [6.07, 6.45) is 3.09. The van der Waals surface area contributed by atoms with E-state index in [2.05, 4.69) is 19.2 Å². The van der Waals surface area contributed by atoms with Crippen molar-refractivity contribution in [2.24, 2.45) is 11.7 Å². The van der Waals surface area contributed by atoms with Gasteiger partial charge < -0.3 is 20.9 Å². The van der Waals surface area contributed by atoms with Crippen LogP contribution < -0.4 is 11.1 Å². The van der Waals surface area contributed by atoms with E-state index in [4.69, 9.17) is 15.6 Å². The van der Waals surface area contributed by atoms with Crippen LogP contribution in [0.15, 0.2) is 0 Å². The highest BCUT2D eigenvalue weighted by molar-refractivity contribution is 4.92. The summed E-state index contributed by atoms with van der Waals surface area (Å²) in [7, 11) is 0. The Bertz CT molecular complexity index is 191. The van der Waals surface area contributed by atoms with Crippen LogP contribution >= 0.6 is 0 Å². The molecule has 0 aromatic rings. The maximum Gasteiger partial charge on any atom is 0.0484 e. The molecule has 4 heteroatoms. The molecule has 0 bridgehead atoms. The van der Waals surface area contributed by atoms with Gasteiger partial charge in [0.15, 0.2) is 0 Å². The third kappa shape index (κ3) is 3.70. The zero-order valence-corrected chi connectivity index (χ0v) is 10.5. The molecule has 1 aliphatic heterocycles. The molecule has 1 saturated heterocycles. The number of nitrogens with two attached hydrogens (primary N) is 1. The quantitative estimate of drug-likeness (QED) is 0.643. The van der Waals surface area contributed by atoms with E-state index in [0.29, 0.717) is 6.54 Å². The molecule has 0 aromatic carbocycles. The van der Waals surface area contributed by atoms with Crippen molar-refractivity contribution in [3.63, 3.8) is 0 Å². The fourth-order valence-electron chi connectivity index (χ4n) is 2.20. The maximum absolute atomic E-state index is 9.15. The van der Waals surface area contributed by atoms with E-state index >= 15 is 0 Å². The number of ether oxygens (including phenoxy) is 1. The van der Waals surface area contributed by atoms with Gasteiger partial charge in [0.05, 0.1) is 0 Å². The second-order valence-electron chi connectivity index (χ2n) is 5.04. The first-order chi connectivity index (χ1) is 7.63. The molecule has 4 N–H and O–H groups in total. The average Bonchev–Trinajstić information content (AvgIpc) is 2.54. The van der Waals surface area contributed by atoms with Gasteiger partial charge in [-0.3, -0.25) is 0 Å². The second kappa shape index (κ2) is 6.55. The summed E-state index contributed by atoms with van der Waals surface area (Å²) in [6, 6.07) is 0.284. The maximum atomic E-state index is 9.15. The van der Waals surface area contributed by atoms with Crippen molar-refractivity contribution in [1.82, 2.24) is 5.32 Å². The van der Waals surface area contributed by atoms with Crippen molar-refractivity contribution in [2.45, 2.75) is 44.7 Å². The Morgan fingerprint density at radius 1 is 1.38 bits per heavy atom. The number of aliphatic hydroxyl groups excluding tert-OH is 1. The lowest BCUT2D eigenvalue weighted by molar-refractivity contribution is 0.130. The van der Waals surface area contributed by atoms with Crippen LogP contribution in [0.25, 0.3) is 0 Å². The summed E-state index contributed by atoms with van der Waals surface area (Å²) in [6.45, 7) is 6.64. The summed E-state index contributed by atoms with van der Waals surface area (Å²) in [5.74, 6) is 0.257. The summed E-state index contributed by atoms with van der Waals surface area (Å²) in [4.78, 5) is 0. The van der Waals surface area contributed by atoms with Gasteiger partial charge in [0.25, 0.3) is 0 Å². The van der Waals surface area contributed by atoms with Crippen LogP contribution in [-0.2, 0) is 4.74 Å². The van der Waals surface area contributed by atoms with E-state index in [0.717, 1.165) is 32.5 Å². The Morgan fingerprint density at radius 2 is 2.12 bits per heavy atom. The van der Waals surface area contributed by atoms with Gasteiger partial charge in [0.2, 0.25) is 0 Å². The largest absolute Gasteiger partial charge is 0.396 e. The molecule has 96 valence electrons. The van der Waals surface area contributed by atoms with Crippen molar-refractivity contribution >= 4 is 0 Å². The van der Waals surface area contributed by atoms with Gasteiger partial charge in [-0.25, -0.2) is 0 Å². The Balaban J connectivity index is 2.57. The SMILES string of the molecule is CC(CO)C(C)NC1(CN)CCCOCC1. The molecule has 0 amide bonds. The van der Waals surface area contributed by atoms with Crippen molar-refractivity contribution < 1.29 is 9.84 Å². The minimum Gasteiger partial charge on any atom is -0.396 e. The smallest absolute Gasteiger partial charge is 0.0484 e. The molecule has 1 rings (SSSR count). The molecule has 1 fully saturated rings. The molecular weight excluding hydrogens is 204 g/mol. The van der Waals surface area contributed by atoms with Crippen LogP contribution in [0.3, 0.4) is 0 Å². The molecule has 1 heterocycles. The second-order valence-corrected chi connectivity index (χ2v) is 5.04. The minimum atomic E-state index is -0.000648. The first kappa shape index (κ1) is 13.9. The van der Waals surface area contributed by atoms with E-state index in [1.165, 1.54) is 0 Å². The topological polar surface area (TPSA) is 67.5 Å². The Hall–Kier alpha value is -0.160. The number of hydrogen-bond acceptors (Lipinski definition) is 4. The van der Waals surface area contributed by atoms with Crippen molar-refractivity contribution in [2.75, 3.05) is 26.4 Å². The number of nitrogens with one attached hydrogen (secondary N) is 1. The summed E-state index contributed by atoms with van der Waals surface area (Å²) in [5, 5.41) is 12.8. The van der Waals surface area contributed by atoms with E-state index in [-0.39, 0.29) is 24.1 Å². The predicted molar refractivity (Wildman–Crippen MR) is 65.3 cm³/mol. The molecule has 0 aromatic heterocycles. The highest BCUT2D eigenvalue weighted by Crippen LogP contribution is 2.22. The van der Waals surface area contributed by atoms with Gasteiger partial charge in [-0.05, 0) is 32.1 Å². The number of hydrogen-bond donors (Lipinski definition) is 3. The van der Waals surface area contributed by atoms with E-state index in [1.54, 1.807) is 0 Å². The molecule has 0 radical (unpaired) electrons. The van der Waals surface area contributed by atoms with Gasteiger partial charge in [-0.15, -0.1) is 0 Å². The van der Waals surface area contributed by atoms with Crippen molar-refractivity contribution in [3.05, 3.63) is 0 Å². The molecule has 3 atom stereocenters. The molecule has 1 aliphatic rings. The summed E-state index contributed by atoms with van der Waals surface area (Å²) < 4.78 is 5.48. The molecule has 4 nitrogen and oxygen atoms in total. The van der Waals surface area contributed by atoms with Crippen LogP contribution in [0.5, 0.6) is 0 Å². The highest BCUT2D eigenvalue weighted by atomic mass is 16.5. The zero-order valence-electron chi connectivity index (χ0n) is 10.5. The summed E-state index contributed by atoms with van der Waals surface area (Å²) in [5.41, 5.74) is 5.92. The number of aliphatic hydroxyl groups is 1. The van der Waals surface area contributed by atoms with Crippen LogP contribution in [0.4, 0.5) is 0 Å². The predicted octanol–water partition coefficient (Wildman–Crippen LogP) is 0.491. The standard InChI is InChI=1S/C12H26N2O2/c1-10(8-15)11(2)14-12(9-13)4-3-6-16-7-5-12/h10-11,14-15H,3-9,13H2,1-2H3. The van der Waals surface area contributed by atoms with Gasteiger partial charge in [-0.2, -0.15) is 0 Å². The normalized spacial score (nSPS) is 30.8. The fraction of sp³-hybridized carbons (Fsp3) is 1.00. The Kier molecular flexibility index (Phi) is 5.69. The minimum absolute atomic E-state index is 0.000648. The van der Waals surface area contributed by atoms with E-state index < -0.39 is 0 Å². The molecule has 0 aliphatic carbocycles. The lowest BCUT2D eigenvalue weighted by atomic mass is 9.88. The lowest BCUT2D eigenvalue weighted by Gasteiger charge is -2.37. The molecular formula is C12H26N2O2. The Labute approximate surface area is 98.5 Å². The van der Waals surface area contributed by atoms with Crippen molar-refractivity contribution in [3.8, 4) is 0 Å². The molecule has 0 spiro atoms. The van der Waals surface area contributed by atoms with Crippen LogP contribution in [-0.4, -0.2) is 43.1 Å². The van der Waals surface area contributed by atoms with E-state index in [1.807, 2.05) is 0 Å². The molecule has 16 heavy (non-hydrogen) atoms. The van der Waals surface area contributed by atoms with Gasteiger partial charge in [-0.1, -0.05) is 6.92 Å². The fourth-order valence-corrected chi connectivity index (χ4v) is 2.20. The molecule has 0 saturated carbocycles. The van der Waals surface area contributed by atoms with Gasteiger partial charge in [0, 0.05) is 37.9 Å². The number of rotatable bonds is 5. The first-order valence-corrected chi connectivity index (χ1v) is 6.30. The monoisotopic (exact) mass is 230 g/mol.